The summed E-state index contributed by atoms with van der Waals surface area (Å²) in [5.41, 5.74) is 0.990. The van der Waals surface area contributed by atoms with Gasteiger partial charge in [0.05, 0.1) is 6.10 Å². The van der Waals surface area contributed by atoms with Gasteiger partial charge in [-0.3, -0.25) is 9.59 Å². The van der Waals surface area contributed by atoms with Crippen molar-refractivity contribution in [1.82, 2.24) is 0 Å². The number of benzene rings is 1. The van der Waals surface area contributed by atoms with Crippen LogP contribution in [0, 0.1) is 17.8 Å². The zero-order chi connectivity index (χ0) is 23.9. The van der Waals surface area contributed by atoms with Gasteiger partial charge in [0.15, 0.2) is 0 Å². The number of carbonyl (C=O) groups is 2. The summed E-state index contributed by atoms with van der Waals surface area (Å²) in [6.07, 6.45) is 12.7. The first-order chi connectivity index (χ1) is 16.0. The lowest BCUT2D eigenvalue weighted by Crippen LogP contribution is -2.19. The molecule has 0 spiro atoms. The second-order valence-electron chi connectivity index (χ2n) is 9.34. The van der Waals surface area contributed by atoms with Crippen LogP contribution in [0.2, 0.25) is 0 Å². The van der Waals surface area contributed by atoms with Gasteiger partial charge in [-0.05, 0) is 30.7 Å². The normalized spacial score (nSPS) is 21.5. The highest BCUT2D eigenvalue weighted by molar-refractivity contribution is 5.84. The first-order valence-corrected chi connectivity index (χ1v) is 12.7. The maximum Gasteiger partial charge on any atom is 0.306 e. The molecule has 1 fully saturated rings. The van der Waals surface area contributed by atoms with E-state index in [1.807, 2.05) is 42.5 Å². The van der Waals surface area contributed by atoms with E-state index in [2.05, 4.69) is 6.92 Å². The van der Waals surface area contributed by atoms with E-state index in [-0.39, 0.29) is 42.5 Å². The number of aliphatic hydroxyl groups excluding tert-OH is 2. The van der Waals surface area contributed by atoms with Crippen molar-refractivity contribution in [2.24, 2.45) is 17.8 Å². The Hall–Kier alpha value is -1.98. The molecule has 0 amide bonds. The lowest BCUT2D eigenvalue weighted by atomic mass is 9.87. The van der Waals surface area contributed by atoms with Crippen molar-refractivity contribution in [2.45, 2.75) is 90.3 Å². The number of Topliss-reactive ketones (excluding diaryl/α,β-unsaturated/α-hetero) is 1. The Morgan fingerprint density at radius 1 is 1.12 bits per heavy atom. The summed E-state index contributed by atoms with van der Waals surface area (Å²) in [5, 5.41) is 20.0. The molecule has 4 atom stereocenters. The summed E-state index contributed by atoms with van der Waals surface area (Å²) in [7, 11) is 0. The van der Waals surface area contributed by atoms with Gasteiger partial charge in [-0.1, -0.05) is 87.9 Å². The van der Waals surface area contributed by atoms with Gasteiger partial charge in [-0.25, -0.2) is 0 Å². The average Bonchev–Trinajstić information content (AvgIpc) is 3.09. The van der Waals surface area contributed by atoms with Crippen LogP contribution in [0.15, 0.2) is 42.5 Å². The van der Waals surface area contributed by atoms with Crippen molar-refractivity contribution in [3.8, 4) is 0 Å². The number of ether oxygens (including phenoxy) is 1. The number of ketones is 1. The Morgan fingerprint density at radius 3 is 2.61 bits per heavy atom. The van der Waals surface area contributed by atoms with Crippen molar-refractivity contribution in [2.75, 3.05) is 6.61 Å². The lowest BCUT2D eigenvalue weighted by molar-refractivity contribution is -0.145. The molecule has 2 rings (SSSR count). The maximum atomic E-state index is 12.4. The van der Waals surface area contributed by atoms with Crippen LogP contribution in [-0.2, 0) is 20.9 Å². The van der Waals surface area contributed by atoms with Gasteiger partial charge >= 0.3 is 5.97 Å². The summed E-state index contributed by atoms with van der Waals surface area (Å²) in [6.45, 7) is 2.58. The summed E-state index contributed by atoms with van der Waals surface area (Å²) >= 11 is 0. The minimum atomic E-state index is -0.617. The van der Waals surface area contributed by atoms with Crippen molar-refractivity contribution >= 4 is 11.8 Å². The zero-order valence-electron chi connectivity index (χ0n) is 20.2. The van der Waals surface area contributed by atoms with Crippen LogP contribution in [0.5, 0.6) is 0 Å². The molecule has 5 nitrogen and oxygen atoms in total. The number of rotatable bonds is 16. The second-order valence-corrected chi connectivity index (χ2v) is 9.34. The average molecular weight is 459 g/mol. The van der Waals surface area contributed by atoms with Crippen molar-refractivity contribution in [1.29, 1.82) is 0 Å². The molecule has 0 radical (unpaired) electrons. The van der Waals surface area contributed by atoms with Crippen LogP contribution in [-0.4, -0.2) is 34.7 Å². The highest BCUT2D eigenvalue weighted by Gasteiger charge is 2.39. The van der Waals surface area contributed by atoms with E-state index in [4.69, 9.17) is 4.74 Å². The quantitative estimate of drug-likeness (QED) is 0.197. The SMILES string of the molecule is CCCCC[C@@H](/C=C/[C@H]1[C@H](O)CC(=O)[C@@H]1CCCCCCC(=O)OCc1ccccc1)CO. The monoisotopic (exact) mass is 458 g/mol. The van der Waals surface area contributed by atoms with Crippen molar-refractivity contribution < 1.29 is 24.5 Å². The van der Waals surface area contributed by atoms with Gasteiger partial charge in [-0.2, -0.15) is 0 Å². The largest absolute Gasteiger partial charge is 0.461 e. The minimum absolute atomic E-state index is 0.0988. The van der Waals surface area contributed by atoms with Gasteiger partial charge in [0, 0.05) is 31.3 Å². The third-order valence-electron chi connectivity index (χ3n) is 6.64. The van der Waals surface area contributed by atoms with Gasteiger partial charge in [-0.15, -0.1) is 0 Å². The molecule has 1 aromatic carbocycles. The molecule has 1 aromatic rings. The molecule has 0 saturated heterocycles. The van der Waals surface area contributed by atoms with E-state index >= 15 is 0 Å². The number of aliphatic hydroxyl groups is 2. The van der Waals surface area contributed by atoms with Crippen LogP contribution in [0.4, 0.5) is 0 Å². The fourth-order valence-electron chi connectivity index (χ4n) is 4.58. The predicted octanol–water partition coefficient (Wildman–Crippen LogP) is 5.38. The lowest BCUT2D eigenvalue weighted by Gasteiger charge is -2.18. The molecule has 0 unspecified atom stereocenters. The molecule has 33 heavy (non-hydrogen) atoms. The molecule has 1 aliphatic carbocycles. The molecule has 184 valence electrons. The Labute approximate surface area is 199 Å². The Morgan fingerprint density at radius 2 is 1.88 bits per heavy atom. The number of unbranched alkanes of at least 4 members (excludes halogenated alkanes) is 5. The van der Waals surface area contributed by atoms with E-state index in [0.717, 1.165) is 63.4 Å². The highest BCUT2D eigenvalue weighted by Crippen LogP contribution is 2.34. The fraction of sp³-hybridized carbons (Fsp3) is 0.643. The Kier molecular flexibility index (Phi) is 13.0. The standard InChI is InChI=1S/C28H42O5/c1-2-3-7-12-22(20-29)17-18-25-24(26(30)19-27(25)31)15-10-4-5-11-16-28(32)33-21-23-13-8-6-9-14-23/h6,8-9,13-14,17-18,22,24-25,27,29,31H,2-5,7,10-12,15-16,19-21H2,1H3/b18-17+/t22-,24+,25+,27+/m0/s1. The maximum absolute atomic E-state index is 12.4. The van der Waals surface area contributed by atoms with Crippen molar-refractivity contribution in [3.05, 3.63) is 48.0 Å². The summed E-state index contributed by atoms with van der Waals surface area (Å²) in [5.74, 6) is -0.210. The van der Waals surface area contributed by atoms with Gasteiger partial charge in [0.2, 0.25) is 0 Å². The summed E-state index contributed by atoms with van der Waals surface area (Å²) in [4.78, 5) is 24.3. The summed E-state index contributed by atoms with van der Waals surface area (Å²) < 4.78 is 5.31. The predicted molar refractivity (Wildman–Crippen MR) is 130 cm³/mol. The molecular formula is C28H42O5. The first-order valence-electron chi connectivity index (χ1n) is 12.7. The van der Waals surface area contributed by atoms with E-state index in [1.54, 1.807) is 0 Å². The molecule has 1 saturated carbocycles. The smallest absolute Gasteiger partial charge is 0.306 e. The Balaban J connectivity index is 1.65. The van der Waals surface area contributed by atoms with Crippen molar-refractivity contribution in [3.63, 3.8) is 0 Å². The second kappa shape index (κ2) is 15.8. The molecule has 0 aromatic heterocycles. The molecule has 2 N–H and O–H groups in total. The highest BCUT2D eigenvalue weighted by atomic mass is 16.5. The van der Waals surface area contributed by atoms with Crippen LogP contribution < -0.4 is 0 Å². The molecule has 0 aliphatic heterocycles. The summed E-state index contributed by atoms with van der Waals surface area (Å²) in [6, 6.07) is 9.66. The third kappa shape index (κ3) is 10.2. The van der Waals surface area contributed by atoms with Crippen LogP contribution in [0.1, 0.15) is 83.1 Å². The van der Waals surface area contributed by atoms with E-state index in [1.165, 1.54) is 0 Å². The fourth-order valence-corrected chi connectivity index (χ4v) is 4.58. The van der Waals surface area contributed by atoms with Crippen LogP contribution in [0.3, 0.4) is 0 Å². The number of esters is 1. The number of carbonyl (C=O) groups excluding carboxylic acids is 2. The third-order valence-corrected chi connectivity index (χ3v) is 6.64. The minimum Gasteiger partial charge on any atom is -0.461 e. The van der Waals surface area contributed by atoms with Gasteiger partial charge < -0.3 is 14.9 Å². The number of hydrogen-bond acceptors (Lipinski definition) is 5. The van der Waals surface area contributed by atoms with E-state index < -0.39 is 6.10 Å². The molecule has 1 aliphatic rings. The van der Waals surface area contributed by atoms with Gasteiger partial charge in [0.25, 0.3) is 0 Å². The van der Waals surface area contributed by atoms with Crippen LogP contribution >= 0.6 is 0 Å². The molecule has 5 heteroatoms. The van der Waals surface area contributed by atoms with E-state index in [9.17, 15) is 19.8 Å². The molecule has 0 heterocycles. The van der Waals surface area contributed by atoms with E-state index in [0.29, 0.717) is 13.0 Å². The molecular weight excluding hydrogens is 416 g/mol. The Bertz CT molecular complexity index is 714. The molecule has 0 bridgehead atoms. The topological polar surface area (TPSA) is 83.8 Å². The van der Waals surface area contributed by atoms with Crippen LogP contribution in [0.25, 0.3) is 0 Å². The first kappa shape index (κ1) is 27.3. The van der Waals surface area contributed by atoms with Gasteiger partial charge in [0.1, 0.15) is 12.4 Å². The number of hydrogen-bond donors (Lipinski definition) is 2. The zero-order valence-corrected chi connectivity index (χ0v) is 20.2.